The number of aromatic nitrogens is 1. The molecule has 0 atom stereocenters. The van der Waals surface area contributed by atoms with E-state index in [0.29, 0.717) is 53.6 Å². The maximum Gasteiger partial charge on any atom is 0.335 e. The van der Waals surface area contributed by atoms with Gasteiger partial charge < -0.3 is 15.7 Å². The van der Waals surface area contributed by atoms with E-state index < -0.39 is 11.8 Å². The predicted octanol–water partition coefficient (Wildman–Crippen LogP) is 3.29. The number of hydrogen-bond donors (Lipinski definition) is 3. The van der Waals surface area contributed by atoms with Crippen LogP contribution in [0, 0.1) is 5.82 Å². The van der Waals surface area contributed by atoms with Gasteiger partial charge in [-0.1, -0.05) is 24.3 Å². The first kappa shape index (κ1) is 18.3. The second-order valence-electron chi connectivity index (χ2n) is 5.92. The van der Waals surface area contributed by atoms with Crippen LogP contribution < -0.4 is 10.6 Å². The van der Waals surface area contributed by atoms with Gasteiger partial charge in [-0.3, -0.25) is 4.79 Å². The lowest BCUT2D eigenvalue weighted by molar-refractivity contribution is -0.109. The summed E-state index contributed by atoms with van der Waals surface area (Å²) in [5.41, 5.74) is 1.24. The van der Waals surface area contributed by atoms with Crippen molar-refractivity contribution in [1.29, 1.82) is 0 Å². The first-order valence-corrected chi connectivity index (χ1v) is 8.43. The van der Waals surface area contributed by atoms with E-state index in [9.17, 15) is 19.1 Å². The highest BCUT2D eigenvalue weighted by Gasteiger charge is 2.14. The Morgan fingerprint density at radius 1 is 1.19 bits per heavy atom. The molecular weight excluding hydrogens is 349 g/mol. The number of nitrogens with zero attached hydrogens (tertiary/aromatic N) is 1. The number of aromatic carboxylic acids is 1. The van der Waals surface area contributed by atoms with E-state index in [1.807, 2.05) is 0 Å². The van der Waals surface area contributed by atoms with Crippen molar-refractivity contribution in [2.45, 2.75) is 6.42 Å². The number of carbonyl (C=O) groups excluding carboxylic acids is 1. The Labute approximate surface area is 155 Å². The zero-order valence-electron chi connectivity index (χ0n) is 14.4. The van der Waals surface area contributed by atoms with Gasteiger partial charge in [0.15, 0.2) is 0 Å². The van der Waals surface area contributed by atoms with Gasteiger partial charge in [-0.05, 0) is 30.2 Å². The molecule has 3 aromatic rings. The number of hydrogen-bond acceptors (Lipinski definition) is 4. The molecule has 0 saturated heterocycles. The minimum atomic E-state index is -1.04. The van der Waals surface area contributed by atoms with Crippen LogP contribution in [0.3, 0.4) is 0 Å². The van der Waals surface area contributed by atoms with E-state index in [1.54, 1.807) is 30.5 Å². The van der Waals surface area contributed by atoms with Crippen LogP contribution in [0.5, 0.6) is 0 Å². The van der Waals surface area contributed by atoms with Crippen LogP contribution in [0.2, 0.25) is 0 Å². The molecule has 0 saturated carbocycles. The topological polar surface area (TPSA) is 91.3 Å². The molecule has 1 aromatic heterocycles. The van der Waals surface area contributed by atoms with Gasteiger partial charge in [0.2, 0.25) is 6.41 Å². The SMILES string of the molecule is O=CNCCCNc1ncc(-c2cccc(C(=O)O)c2)c2c(F)cccc12. The molecule has 27 heavy (non-hydrogen) atoms. The Morgan fingerprint density at radius 2 is 2.00 bits per heavy atom. The van der Waals surface area contributed by atoms with Gasteiger partial charge in [-0.15, -0.1) is 0 Å². The highest BCUT2D eigenvalue weighted by atomic mass is 19.1. The molecule has 0 aliphatic carbocycles. The lowest BCUT2D eigenvalue weighted by Gasteiger charge is -2.13. The van der Waals surface area contributed by atoms with Gasteiger partial charge >= 0.3 is 5.97 Å². The van der Waals surface area contributed by atoms with Crippen molar-refractivity contribution in [1.82, 2.24) is 10.3 Å². The second kappa shape index (κ2) is 8.27. The van der Waals surface area contributed by atoms with Crippen molar-refractivity contribution in [2.24, 2.45) is 0 Å². The molecule has 0 aliphatic heterocycles. The standard InChI is InChI=1S/C20H18FN3O3/c21-17-7-2-6-15-18(17)16(13-4-1-5-14(10-13)20(26)27)11-24-19(15)23-9-3-8-22-12-25/h1-2,4-7,10-12H,3,8-9H2,(H,22,25)(H,23,24)(H,26,27). The Kier molecular flexibility index (Phi) is 5.61. The third kappa shape index (κ3) is 4.03. The Balaban J connectivity index is 2.01. The fourth-order valence-corrected chi connectivity index (χ4v) is 2.89. The quantitative estimate of drug-likeness (QED) is 0.420. The lowest BCUT2D eigenvalue weighted by atomic mass is 9.98. The molecule has 0 aliphatic rings. The van der Waals surface area contributed by atoms with Crippen LogP contribution in [0.4, 0.5) is 10.2 Å². The van der Waals surface area contributed by atoms with E-state index in [1.165, 1.54) is 18.2 Å². The summed E-state index contributed by atoms with van der Waals surface area (Å²) in [5, 5.41) is 15.9. The van der Waals surface area contributed by atoms with Crippen molar-refractivity contribution in [3.8, 4) is 11.1 Å². The van der Waals surface area contributed by atoms with E-state index in [2.05, 4.69) is 15.6 Å². The van der Waals surface area contributed by atoms with E-state index in [4.69, 9.17) is 0 Å². The number of rotatable bonds is 8. The van der Waals surface area contributed by atoms with E-state index in [-0.39, 0.29) is 5.56 Å². The number of carboxylic acid groups (broad SMARTS) is 1. The monoisotopic (exact) mass is 367 g/mol. The number of carbonyl (C=O) groups is 2. The molecule has 0 spiro atoms. The molecule has 0 radical (unpaired) electrons. The summed E-state index contributed by atoms with van der Waals surface area (Å²) in [6.45, 7) is 1.09. The number of amides is 1. The first-order chi connectivity index (χ1) is 13.1. The summed E-state index contributed by atoms with van der Waals surface area (Å²) in [6.07, 6.45) is 2.88. The Hall–Kier alpha value is -3.48. The zero-order valence-corrected chi connectivity index (χ0v) is 14.4. The predicted molar refractivity (Wildman–Crippen MR) is 101 cm³/mol. The zero-order chi connectivity index (χ0) is 19.2. The summed E-state index contributed by atoms with van der Waals surface area (Å²) < 4.78 is 14.6. The van der Waals surface area contributed by atoms with Gasteiger partial charge in [0.05, 0.1) is 5.56 Å². The number of carboxylic acids is 1. The molecule has 2 aromatic carbocycles. The summed E-state index contributed by atoms with van der Waals surface area (Å²) in [4.78, 5) is 25.9. The van der Waals surface area contributed by atoms with E-state index >= 15 is 0 Å². The van der Waals surface area contributed by atoms with Crippen LogP contribution in [0.1, 0.15) is 16.8 Å². The fraction of sp³-hybridized carbons (Fsp3) is 0.150. The molecule has 0 fully saturated rings. The lowest BCUT2D eigenvalue weighted by Crippen LogP contribution is -2.16. The van der Waals surface area contributed by atoms with Crippen LogP contribution in [-0.4, -0.2) is 35.6 Å². The van der Waals surface area contributed by atoms with Crippen LogP contribution >= 0.6 is 0 Å². The number of fused-ring (bicyclic) bond motifs is 1. The van der Waals surface area contributed by atoms with Crippen molar-refractivity contribution in [3.05, 3.63) is 60.0 Å². The molecule has 6 nitrogen and oxygen atoms in total. The van der Waals surface area contributed by atoms with E-state index in [0.717, 1.165) is 0 Å². The Morgan fingerprint density at radius 3 is 2.78 bits per heavy atom. The second-order valence-corrected chi connectivity index (χ2v) is 5.92. The number of pyridine rings is 1. The average molecular weight is 367 g/mol. The van der Waals surface area contributed by atoms with Crippen molar-refractivity contribution in [2.75, 3.05) is 18.4 Å². The van der Waals surface area contributed by atoms with Crippen molar-refractivity contribution >= 4 is 29.0 Å². The third-order valence-electron chi connectivity index (χ3n) is 4.16. The fourth-order valence-electron chi connectivity index (χ4n) is 2.89. The number of halogens is 1. The summed E-state index contributed by atoms with van der Waals surface area (Å²) in [7, 11) is 0. The first-order valence-electron chi connectivity index (χ1n) is 8.43. The third-order valence-corrected chi connectivity index (χ3v) is 4.16. The minimum absolute atomic E-state index is 0.127. The molecule has 1 amide bonds. The van der Waals surface area contributed by atoms with Gasteiger partial charge in [-0.25, -0.2) is 14.2 Å². The van der Waals surface area contributed by atoms with Crippen LogP contribution in [0.25, 0.3) is 21.9 Å². The molecule has 1 heterocycles. The number of benzene rings is 2. The summed E-state index contributed by atoms with van der Waals surface area (Å²) >= 11 is 0. The minimum Gasteiger partial charge on any atom is -0.478 e. The van der Waals surface area contributed by atoms with Crippen molar-refractivity contribution in [3.63, 3.8) is 0 Å². The maximum absolute atomic E-state index is 14.6. The van der Waals surface area contributed by atoms with Gasteiger partial charge in [0.25, 0.3) is 0 Å². The van der Waals surface area contributed by atoms with Gasteiger partial charge in [0, 0.05) is 35.6 Å². The maximum atomic E-state index is 14.6. The van der Waals surface area contributed by atoms with Crippen LogP contribution in [-0.2, 0) is 4.79 Å². The molecule has 7 heteroatoms. The summed E-state index contributed by atoms with van der Waals surface area (Å²) in [6, 6.07) is 11.1. The van der Waals surface area contributed by atoms with Gasteiger partial charge in [-0.2, -0.15) is 0 Å². The van der Waals surface area contributed by atoms with Crippen LogP contribution in [0.15, 0.2) is 48.7 Å². The normalized spacial score (nSPS) is 10.6. The number of anilines is 1. The Bertz CT molecular complexity index is 991. The molecule has 0 unspecified atom stereocenters. The smallest absolute Gasteiger partial charge is 0.335 e. The number of nitrogens with one attached hydrogen (secondary N) is 2. The molecule has 138 valence electrons. The molecule has 0 bridgehead atoms. The molecular formula is C20H18FN3O3. The largest absolute Gasteiger partial charge is 0.478 e. The average Bonchev–Trinajstić information content (AvgIpc) is 2.68. The summed E-state index contributed by atoms with van der Waals surface area (Å²) in [5.74, 6) is -0.915. The molecule has 3 N–H and O–H groups in total. The van der Waals surface area contributed by atoms with Crippen molar-refractivity contribution < 1.29 is 19.1 Å². The van der Waals surface area contributed by atoms with Gasteiger partial charge in [0.1, 0.15) is 11.6 Å². The molecule has 3 rings (SSSR count). The highest BCUT2D eigenvalue weighted by molar-refractivity contribution is 6.02. The highest BCUT2D eigenvalue weighted by Crippen LogP contribution is 2.33.